The Kier molecular flexibility index (Phi) is 4.18. The van der Waals surface area contributed by atoms with E-state index in [4.69, 9.17) is 4.74 Å². The van der Waals surface area contributed by atoms with E-state index in [9.17, 15) is 0 Å². The SMILES string of the molecule is C1COC(CNCCSc2nnc(C3CC3)n2C2CC2)C1. The molecule has 1 unspecified atom stereocenters. The Balaban J connectivity index is 1.25. The highest BCUT2D eigenvalue weighted by molar-refractivity contribution is 7.99. The van der Waals surface area contributed by atoms with Crippen molar-refractivity contribution < 1.29 is 4.74 Å². The first-order valence-corrected chi connectivity index (χ1v) is 9.30. The monoisotopic (exact) mass is 308 g/mol. The van der Waals surface area contributed by atoms with Crippen LogP contribution in [0.1, 0.15) is 56.3 Å². The molecule has 2 saturated carbocycles. The maximum Gasteiger partial charge on any atom is 0.191 e. The Hall–Kier alpha value is -0.590. The number of hydrogen-bond donors (Lipinski definition) is 1. The second-order valence-corrected chi connectivity index (χ2v) is 7.47. The van der Waals surface area contributed by atoms with Gasteiger partial charge in [-0.05, 0) is 38.5 Å². The predicted molar refractivity (Wildman–Crippen MR) is 82.8 cm³/mol. The molecule has 1 aromatic rings. The van der Waals surface area contributed by atoms with Crippen LogP contribution in [0, 0.1) is 0 Å². The molecular weight excluding hydrogens is 284 g/mol. The first kappa shape index (κ1) is 14.0. The van der Waals surface area contributed by atoms with Crippen molar-refractivity contribution in [1.29, 1.82) is 0 Å². The fourth-order valence-electron chi connectivity index (χ4n) is 2.97. The van der Waals surface area contributed by atoms with E-state index < -0.39 is 0 Å². The maximum atomic E-state index is 5.62. The molecular formula is C15H24N4OS. The van der Waals surface area contributed by atoms with Gasteiger partial charge in [0.05, 0.1) is 6.10 Å². The summed E-state index contributed by atoms with van der Waals surface area (Å²) in [6, 6.07) is 0.693. The van der Waals surface area contributed by atoms with E-state index in [1.807, 2.05) is 11.8 Å². The van der Waals surface area contributed by atoms with Gasteiger partial charge in [-0.2, -0.15) is 0 Å². The fraction of sp³-hybridized carbons (Fsp3) is 0.867. The first-order chi connectivity index (χ1) is 10.4. The third-order valence-corrected chi connectivity index (χ3v) is 5.40. The molecule has 2 aliphatic carbocycles. The summed E-state index contributed by atoms with van der Waals surface area (Å²) in [4.78, 5) is 0. The number of aromatic nitrogens is 3. The lowest BCUT2D eigenvalue weighted by Gasteiger charge is -2.11. The standard InChI is InChI=1S/C15H24N4OS/c1-2-13(20-8-1)10-16-7-9-21-15-18-17-14(11-3-4-11)19(15)12-5-6-12/h11-13,16H,1-10H2. The molecule has 4 rings (SSSR count). The smallest absolute Gasteiger partial charge is 0.191 e. The van der Waals surface area contributed by atoms with Gasteiger partial charge in [0.2, 0.25) is 0 Å². The van der Waals surface area contributed by atoms with Crippen LogP contribution >= 0.6 is 11.8 Å². The van der Waals surface area contributed by atoms with Gasteiger partial charge in [0.15, 0.2) is 5.16 Å². The van der Waals surface area contributed by atoms with Crippen LogP contribution in [0.5, 0.6) is 0 Å². The number of nitrogens with one attached hydrogen (secondary N) is 1. The van der Waals surface area contributed by atoms with Crippen molar-refractivity contribution in [2.24, 2.45) is 0 Å². The highest BCUT2D eigenvalue weighted by atomic mass is 32.2. The van der Waals surface area contributed by atoms with E-state index in [0.29, 0.717) is 18.1 Å². The fourth-order valence-corrected chi connectivity index (χ4v) is 3.87. The van der Waals surface area contributed by atoms with E-state index in [1.165, 1.54) is 44.3 Å². The first-order valence-electron chi connectivity index (χ1n) is 8.32. The summed E-state index contributed by atoms with van der Waals surface area (Å²) in [5.74, 6) is 3.01. The lowest BCUT2D eigenvalue weighted by atomic mass is 10.2. The lowest BCUT2D eigenvalue weighted by molar-refractivity contribution is 0.110. The lowest BCUT2D eigenvalue weighted by Crippen LogP contribution is -2.28. The molecule has 1 saturated heterocycles. The molecule has 0 bridgehead atoms. The van der Waals surface area contributed by atoms with Gasteiger partial charge in [-0.25, -0.2) is 0 Å². The molecule has 5 nitrogen and oxygen atoms in total. The van der Waals surface area contributed by atoms with E-state index in [1.54, 1.807) is 0 Å². The van der Waals surface area contributed by atoms with Gasteiger partial charge in [0.25, 0.3) is 0 Å². The van der Waals surface area contributed by atoms with Gasteiger partial charge in [-0.1, -0.05) is 11.8 Å². The van der Waals surface area contributed by atoms with Crippen molar-refractivity contribution in [3.8, 4) is 0 Å². The normalized spacial score (nSPS) is 25.6. The quantitative estimate of drug-likeness (QED) is 0.590. The molecule has 3 fully saturated rings. The molecule has 0 radical (unpaired) electrons. The van der Waals surface area contributed by atoms with Gasteiger partial charge >= 0.3 is 0 Å². The van der Waals surface area contributed by atoms with E-state index >= 15 is 0 Å². The van der Waals surface area contributed by atoms with Crippen LogP contribution in [0.2, 0.25) is 0 Å². The molecule has 21 heavy (non-hydrogen) atoms. The summed E-state index contributed by atoms with van der Waals surface area (Å²) >= 11 is 1.85. The Morgan fingerprint density at radius 2 is 2.10 bits per heavy atom. The van der Waals surface area contributed by atoms with Crippen molar-refractivity contribution >= 4 is 11.8 Å². The van der Waals surface area contributed by atoms with Gasteiger partial charge in [0, 0.05) is 37.4 Å². The van der Waals surface area contributed by atoms with Crippen LogP contribution in [0.25, 0.3) is 0 Å². The maximum absolute atomic E-state index is 5.62. The van der Waals surface area contributed by atoms with E-state index in [-0.39, 0.29) is 0 Å². The third kappa shape index (κ3) is 3.43. The molecule has 3 aliphatic rings. The topological polar surface area (TPSA) is 52.0 Å². The molecule has 1 aliphatic heterocycles. The molecule has 0 spiro atoms. The minimum absolute atomic E-state index is 0.437. The zero-order chi connectivity index (χ0) is 14.1. The molecule has 1 aromatic heterocycles. The zero-order valence-corrected chi connectivity index (χ0v) is 13.3. The number of ether oxygens (including phenoxy) is 1. The summed E-state index contributed by atoms with van der Waals surface area (Å²) in [6.45, 7) is 2.94. The van der Waals surface area contributed by atoms with Crippen LogP contribution < -0.4 is 5.32 Å². The molecule has 0 amide bonds. The molecule has 116 valence electrons. The second-order valence-electron chi connectivity index (χ2n) is 6.40. The highest BCUT2D eigenvalue weighted by Crippen LogP contribution is 2.45. The highest BCUT2D eigenvalue weighted by Gasteiger charge is 2.36. The summed E-state index contributed by atoms with van der Waals surface area (Å²) in [5.41, 5.74) is 0. The number of hydrogen-bond acceptors (Lipinski definition) is 5. The number of rotatable bonds is 8. The number of thioether (sulfide) groups is 1. The zero-order valence-electron chi connectivity index (χ0n) is 12.5. The second kappa shape index (κ2) is 6.26. The van der Waals surface area contributed by atoms with Gasteiger partial charge < -0.3 is 14.6 Å². The number of nitrogens with zero attached hydrogens (tertiary/aromatic N) is 3. The summed E-state index contributed by atoms with van der Waals surface area (Å²) in [5, 5.41) is 13.5. The molecule has 0 aromatic carbocycles. The molecule has 6 heteroatoms. The van der Waals surface area contributed by atoms with Crippen molar-refractivity contribution in [2.45, 2.75) is 61.7 Å². The van der Waals surface area contributed by atoms with E-state index in [0.717, 1.165) is 30.6 Å². The Bertz CT molecular complexity index is 478. The van der Waals surface area contributed by atoms with Crippen LogP contribution in [0.4, 0.5) is 0 Å². The average Bonchev–Trinajstić information content (AvgIpc) is 3.42. The summed E-state index contributed by atoms with van der Waals surface area (Å²) < 4.78 is 8.05. The van der Waals surface area contributed by atoms with Gasteiger partial charge in [-0.3, -0.25) is 0 Å². The summed E-state index contributed by atoms with van der Waals surface area (Å²) in [7, 11) is 0. The Labute approximate surface area is 130 Å². The van der Waals surface area contributed by atoms with Gasteiger partial charge in [-0.15, -0.1) is 10.2 Å². The third-order valence-electron chi connectivity index (χ3n) is 4.45. The summed E-state index contributed by atoms with van der Waals surface area (Å²) in [6.07, 6.45) is 8.09. The van der Waals surface area contributed by atoms with Crippen molar-refractivity contribution in [3.05, 3.63) is 5.82 Å². The predicted octanol–water partition coefficient (Wildman–Crippen LogP) is 2.35. The largest absolute Gasteiger partial charge is 0.377 e. The molecule has 2 heterocycles. The van der Waals surface area contributed by atoms with Crippen LogP contribution in [-0.2, 0) is 4.74 Å². The van der Waals surface area contributed by atoms with Crippen LogP contribution in [0.3, 0.4) is 0 Å². The minimum atomic E-state index is 0.437. The minimum Gasteiger partial charge on any atom is -0.377 e. The van der Waals surface area contributed by atoms with E-state index in [2.05, 4.69) is 20.1 Å². The molecule has 1 atom stereocenters. The Morgan fingerprint density at radius 3 is 2.81 bits per heavy atom. The Morgan fingerprint density at radius 1 is 1.19 bits per heavy atom. The van der Waals surface area contributed by atoms with Crippen LogP contribution in [0.15, 0.2) is 5.16 Å². The van der Waals surface area contributed by atoms with Crippen molar-refractivity contribution in [1.82, 2.24) is 20.1 Å². The van der Waals surface area contributed by atoms with Crippen LogP contribution in [-0.4, -0.2) is 46.3 Å². The molecule has 1 N–H and O–H groups in total. The van der Waals surface area contributed by atoms with Crippen molar-refractivity contribution in [2.75, 3.05) is 25.4 Å². The van der Waals surface area contributed by atoms with Gasteiger partial charge in [0.1, 0.15) is 5.82 Å². The van der Waals surface area contributed by atoms with Crippen molar-refractivity contribution in [3.63, 3.8) is 0 Å². The average molecular weight is 308 g/mol.